The van der Waals surface area contributed by atoms with Crippen molar-refractivity contribution in [3.8, 4) is 0 Å². The molecule has 1 rings (SSSR count). The smallest absolute Gasteiger partial charge is 0.331 e. The van der Waals surface area contributed by atoms with Crippen LogP contribution < -0.4 is 10.6 Å². The summed E-state index contributed by atoms with van der Waals surface area (Å²) in [6.07, 6.45) is 6.50. The van der Waals surface area contributed by atoms with Gasteiger partial charge in [-0.15, -0.1) is 0 Å². The van der Waals surface area contributed by atoms with Crippen LogP contribution >= 0.6 is 0 Å². The number of hydrogen-bond acceptors (Lipinski definition) is 3. The Bertz CT molecular complexity index is 452. The molecule has 1 atom stereocenters. The van der Waals surface area contributed by atoms with Crippen LogP contribution in [0.4, 0.5) is 4.79 Å². The Labute approximate surface area is 111 Å². The van der Waals surface area contributed by atoms with Crippen LogP contribution in [0.5, 0.6) is 0 Å². The molecule has 0 aliphatic heterocycles. The van der Waals surface area contributed by atoms with Crippen molar-refractivity contribution in [2.24, 2.45) is 0 Å². The van der Waals surface area contributed by atoms with E-state index in [0.717, 1.165) is 19.3 Å². The van der Waals surface area contributed by atoms with Crippen LogP contribution in [-0.4, -0.2) is 29.1 Å². The van der Waals surface area contributed by atoms with Gasteiger partial charge in [0.05, 0.1) is 0 Å². The van der Waals surface area contributed by atoms with Crippen LogP contribution in [0.3, 0.4) is 0 Å². The quantitative estimate of drug-likeness (QED) is 0.530. The molecule has 1 aliphatic carbocycles. The third-order valence-corrected chi connectivity index (χ3v) is 3.06. The fourth-order valence-corrected chi connectivity index (χ4v) is 1.67. The molecular weight excluding hydrogens is 248 g/mol. The van der Waals surface area contributed by atoms with Crippen molar-refractivity contribution in [2.75, 3.05) is 0 Å². The van der Waals surface area contributed by atoms with E-state index in [0.29, 0.717) is 0 Å². The summed E-state index contributed by atoms with van der Waals surface area (Å²) < 4.78 is 0. The molecule has 0 saturated heterocycles. The normalized spacial score (nSPS) is 19.4. The first-order chi connectivity index (χ1) is 8.91. The van der Waals surface area contributed by atoms with Crippen molar-refractivity contribution in [3.05, 3.63) is 23.3 Å². The summed E-state index contributed by atoms with van der Waals surface area (Å²) in [6, 6.07) is -0.578. The van der Waals surface area contributed by atoms with Gasteiger partial charge in [0.1, 0.15) is 0 Å². The Kier molecular flexibility index (Phi) is 5.29. The highest BCUT2D eigenvalue weighted by molar-refractivity contribution is 6.07. The highest BCUT2D eigenvalue weighted by atomic mass is 16.4. The molecule has 3 amide bonds. The molecule has 19 heavy (non-hydrogen) atoms. The first kappa shape index (κ1) is 14.9. The lowest BCUT2D eigenvalue weighted by Gasteiger charge is -2.19. The largest absolute Gasteiger partial charge is 0.478 e. The summed E-state index contributed by atoms with van der Waals surface area (Å²) in [5.74, 6) is -1.87. The Hall–Kier alpha value is -2.11. The van der Waals surface area contributed by atoms with E-state index < -0.39 is 17.9 Å². The van der Waals surface area contributed by atoms with Gasteiger partial charge in [-0.3, -0.25) is 10.1 Å². The molecule has 6 nitrogen and oxygen atoms in total. The van der Waals surface area contributed by atoms with E-state index in [2.05, 4.69) is 10.6 Å². The summed E-state index contributed by atoms with van der Waals surface area (Å²) in [6.45, 7) is 2.69. The molecule has 0 saturated carbocycles. The summed E-state index contributed by atoms with van der Waals surface area (Å²) in [7, 11) is 0. The maximum absolute atomic E-state index is 11.6. The Morgan fingerprint density at radius 2 is 1.84 bits per heavy atom. The van der Waals surface area contributed by atoms with E-state index >= 15 is 0 Å². The molecule has 0 aromatic carbocycles. The van der Waals surface area contributed by atoms with E-state index in [1.807, 2.05) is 12.2 Å². The molecule has 0 heterocycles. The maximum atomic E-state index is 11.6. The number of rotatable bonds is 3. The molecule has 1 aliphatic rings. The van der Waals surface area contributed by atoms with Gasteiger partial charge in [-0.1, -0.05) is 12.2 Å². The molecular formula is C13H18N2O4. The number of hydrogen-bond donors (Lipinski definition) is 3. The minimum absolute atomic E-state index is 0.0163. The number of carbonyl (C=O) groups excluding carboxylic acids is 2. The number of allylic oxidation sites excluding steroid dienone is 1. The van der Waals surface area contributed by atoms with Gasteiger partial charge < -0.3 is 10.4 Å². The molecule has 0 bridgehead atoms. The van der Waals surface area contributed by atoms with E-state index in [-0.39, 0.29) is 17.2 Å². The minimum atomic E-state index is -1.18. The lowest BCUT2D eigenvalue weighted by Crippen LogP contribution is -2.45. The van der Waals surface area contributed by atoms with Crippen molar-refractivity contribution >= 4 is 17.9 Å². The van der Waals surface area contributed by atoms with E-state index in [1.54, 1.807) is 0 Å². The van der Waals surface area contributed by atoms with E-state index in [4.69, 9.17) is 5.11 Å². The molecule has 0 radical (unpaired) electrons. The third kappa shape index (κ3) is 4.57. The van der Waals surface area contributed by atoms with Crippen molar-refractivity contribution in [1.29, 1.82) is 0 Å². The van der Waals surface area contributed by atoms with Gasteiger partial charge in [0.25, 0.3) is 5.91 Å². The van der Waals surface area contributed by atoms with Crippen LogP contribution in [0.15, 0.2) is 23.3 Å². The fraction of sp³-hybridized carbons (Fsp3) is 0.462. The number of aliphatic carboxylic acids is 1. The van der Waals surface area contributed by atoms with Crippen LogP contribution in [-0.2, 0) is 9.59 Å². The number of imide groups is 1. The van der Waals surface area contributed by atoms with Gasteiger partial charge in [-0.25, -0.2) is 9.59 Å². The molecule has 0 aromatic rings. The first-order valence-electron chi connectivity index (χ1n) is 6.09. The van der Waals surface area contributed by atoms with Gasteiger partial charge in [-0.05, 0) is 33.1 Å². The van der Waals surface area contributed by atoms with Crippen LogP contribution in [0.1, 0.15) is 33.1 Å². The van der Waals surface area contributed by atoms with Crippen molar-refractivity contribution < 1.29 is 19.5 Å². The summed E-state index contributed by atoms with van der Waals surface area (Å²) >= 11 is 0. The highest BCUT2D eigenvalue weighted by Crippen LogP contribution is 2.10. The lowest BCUT2D eigenvalue weighted by atomic mass is 10.0. The summed E-state index contributed by atoms with van der Waals surface area (Å²) in [4.78, 5) is 33.9. The molecule has 1 unspecified atom stereocenters. The van der Waals surface area contributed by atoms with Gasteiger partial charge in [-0.2, -0.15) is 0 Å². The lowest BCUT2D eigenvalue weighted by molar-refractivity contribution is -0.133. The Morgan fingerprint density at radius 3 is 2.37 bits per heavy atom. The molecule has 104 valence electrons. The second-order valence-corrected chi connectivity index (χ2v) is 4.46. The van der Waals surface area contributed by atoms with E-state index in [1.165, 1.54) is 13.8 Å². The average molecular weight is 266 g/mol. The molecule has 0 fully saturated rings. The van der Waals surface area contributed by atoms with Gasteiger partial charge in [0, 0.05) is 17.2 Å². The zero-order chi connectivity index (χ0) is 14.4. The second-order valence-electron chi connectivity index (χ2n) is 4.46. The number of amides is 3. The maximum Gasteiger partial charge on any atom is 0.331 e. The first-order valence-corrected chi connectivity index (χ1v) is 6.09. The highest BCUT2D eigenvalue weighted by Gasteiger charge is 2.17. The minimum Gasteiger partial charge on any atom is -0.478 e. The number of nitrogens with one attached hydrogen (secondary N) is 2. The summed E-state index contributed by atoms with van der Waals surface area (Å²) in [5.41, 5.74) is -0.0583. The molecule has 6 heteroatoms. The van der Waals surface area contributed by atoms with Gasteiger partial charge in [0.2, 0.25) is 0 Å². The predicted molar refractivity (Wildman–Crippen MR) is 69.5 cm³/mol. The second kappa shape index (κ2) is 6.72. The zero-order valence-electron chi connectivity index (χ0n) is 11.0. The Morgan fingerprint density at radius 1 is 1.16 bits per heavy atom. The monoisotopic (exact) mass is 266 g/mol. The van der Waals surface area contributed by atoms with Crippen LogP contribution in [0.2, 0.25) is 0 Å². The summed E-state index contributed by atoms with van der Waals surface area (Å²) in [5, 5.41) is 13.6. The molecule has 0 aromatic heterocycles. The van der Waals surface area contributed by atoms with Gasteiger partial charge in [0.15, 0.2) is 0 Å². The Balaban J connectivity index is 2.52. The van der Waals surface area contributed by atoms with Crippen LogP contribution in [0.25, 0.3) is 0 Å². The van der Waals surface area contributed by atoms with Crippen molar-refractivity contribution in [3.63, 3.8) is 0 Å². The van der Waals surface area contributed by atoms with Crippen molar-refractivity contribution in [2.45, 2.75) is 39.2 Å². The predicted octanol–water partition coefficient (Wildman–Crippen LogP) is 1.34. The number of carboxylic acids is 1. The van der Waals surface area contributed by atoms with E-state index in [9.17, 15) is 14.4 Å². The SMILES string of the molecule is CC(C(=O)O)=C(C)C(=O)NC(=O)NC1CC=CCC1. The molecule has 3 N–H and O–H groups in total. The number of carboxylic acid groups (broad SMARTS) is 1. The van der Waals surface area contributed by atoms with Crippen LogP contribution in [0, 0.1) is 0 Å². The standard InChI is InChI=1S/C13H18N2O4/c1-8(9(2)12(17)18)11(16)15-13(19)14-10-6-4-3-5-7-10/h3-4,10H,5-7H2,1-2H3,(H,17,18)(H2,14,15,16,19). The average Bonchev–Trinajstić information content (AvgIpc) is 2.37. The fourth-order valence-electron chi connectivity index (χ4n) is 1.67. The van der Waals surface area contributed by atoms with Gasteiger partial charge >= 0.3 is 12.0 Å². The number of urea groups is 1. The zero-order valence-corrected chi connectivity index (χ0v) is 11.0. The third-order valence-electron chi connectivity index (χ3n) is 3.06. The topological polar surface area (TPSA) is 95.5 Å². The number of carbonyl (C=O) groups is 3. The molecule has 0 spiro atoms. The van der Waals surface area contributed by atoms with Crippen molar-refractivity contribution in [1.82, 2.24) is 10.6 Å².